The number of aliphatic imine (C=N–C) groups is 1. The summed E-state index contributed by atoms with van der Waals surface area (Å²) in [7, 11) is 1.79. The van der Waals surface area contributed by atoms with Crippen molar-refractivity contribution in [1.29, 1.82) is 0 Å². The summed E-state index contributed by atoms with van der Waals surface area (Å²) in [6.45, 7) is 9.11. The van der Waals surface area contributed by atoms with E-state index in [1.165, 1.54) is 5.56 Å². The Hall–Kier alpha value is -1.52. The van der Waals surface area contributed by atoms with Gasteiger partial charge >= 0.3 is 0 Å². The zero-order chi connectivity index (χ0) is 13.4. The van der Waals surface area contributed by atoms with Crippen molar-refractivity contribution in [3.8, 4) is 0 Å². The number of hydrogen-bond donors (Lipinski definition) is 2. The van der Waals surface area contributed by atoms with Crippen molar-refractivity contribution in [2.24, 2.45) is 10.9 Å². The topological polar surface area (TPSA) is 54.2 Å². The van der Waals surface area contributed by atoms with Crippen molar-refractivity contribution in [3.63, 3.8) is 0 Å². The molecule has 5 nitrogen and oxygen atoms in total. The van der Waals surface area contributed by atoms with Gasteiger partial charge in [-0.2, -0.15) is 5.10 Å². The summed E-state index contributed by atoms with van der Waals surface area (Å²) in [6.07, 6.45) is 5.06. The van der Waals surface area contributed by atoms with Gasteiger partial charge in [-0.1, -0.05) is 13.8 Å². The Morgan fingerprint density at radius 1 is 1.39 bits per heavy atom. The van der Waals surface area contributed by atoms with Crippen LogP contribution in [-0.4, -0.2) is 35.9 Å². The van der Waals surface area contributed by atoms with Crippen molar-refractivity contribution in [2.75, 3.05) is 20.1 Å². The summed E-state index contributed by atoms with van der Waals surface area (Å²) in [6, 6.07) is 0. The Balaban J connectivity index is 2.19. The van der Waals surface area contributed by atoms with E-state index >= 15 is 0 Å². The largest absolute Gasteiger partial charge is 0.356 e. The second-order valence-electron chi connectivity index (χ2n) is 4.89. The van der Waals surface area contributed by atoms with E-state index in [4.69, 9.17) is 0 Å². The van der Waals surface area contributed by atoms with Crippen LogP contribution in [0.5, 0.6) is 0 Å². The third kappa shape index (κ3) is 5.70. The molecule has 0 aliphatic rings. The number of hydrogen-bond acceptors (Lipinski definition) is 2. The van der Waals surface area contributed by atoms with Crippen LogP contribution in [0.3, 0.4) is 0 Å². The monoisotopic (exact) mass is 251 g/mol. The van der Waals surface area contributed by atoms with Gasteiger partial charge in [-0.15, -0.1) is 0 Å². The van der Waals surface area contributed by atoms with E-state index in [0.29, 0.717) is 5.92 Å². The summed E-state index contributed by atoms with van der Waals surface area (Å²) in [5.41, 5.74) is 1.19. The number of nitrogens with zero attached hydrogens (tertiary/aromatic N) is 3. The van der Waals surface area contributed by atoms with Gasteiger partial charge < -0.3 is 10.6 Å². The lowest BCUT2D eigenvalue weighted by Crippen LogP contribution is -2.39. The molecule has 102 valence electrons. The molecule has 0 aliphatic heterocycles. The van der Waals surface area contributed by atoms with E-state index in [2.05, 4.69) is 34.6 Å². The highest BCUT2D eigenvalue weighted by Gasteiger charge is 1.99. The first-order valence-corrected chi connectivity index (χ1v) is 6.55. The highest BCUT2D eigenvalue weighted by atomic mass is 15.3. The Bertz CT molecular complexity index is 367. The van der Waals surface area contributed by atoms with E-state index in [1.807, 2.05) is 24.0 Å². The Kier molecular flexibility index (Phi) is 6.25. The molecule has 0 saturated carbocycles. The van der Waals surface area contributed by atoms with Gasteiger partial charge in [-0.25, -0.2) is 0 Å². The summed E-state index contributed by atoms with van der Waals surface area (Å²) in [5, 5.41) is 10.8. The molecule has 0 radical (unpaired) electrons. The zero-order valence-corrected chi connectivity index (χ0v) is 11.9. The lowest BCUT2D eigenvalue weighted by Gasteiger charge is -2.12. The number of nitrogens with one attached hydrogen (secondary N) is 2. The first-order chi connectivity index (χ1) is 8.61. The second-order valence-corrected chi connectivity index (χ2v) is 4.89. The van der Waals surface area contributed by atoms with Crippen molar-refractivity contribution < 1.29 is 0 Å². The fraction of sp³-hybridized carbons (Fsp3) is 0.692. The normalized spacial score (nSPS) is 11.9. The predicted molar refractivity (Wildman–Crippen MR) is 75.8 cm³/mol. The van der Waals surface area contributed by atoms with Gasteiger partial charge in [0, 0.05) is 26.3 Å². The lowest BCUT2D eigenvalue weighted by molar-refractivity contribution is 0.566. The molecule has 0 saturated heterocycles. The summed E-state index contributed by atoms with van der Waals surface area (Å²) < 4.78 is 1.93. The molecule has 2 N–H and O–H groups in total. The first-order valence-electron chi connectivity index (χ1n) is 6.55. The van der Waals surface area contributed by atoms with Crippen LogP contribution >= 0.6 is 0 Å². The van der Waals surface area contributed by atoms with Gasteiger partial charge in [-0.3, -0.25) is 9.67 Å². The maximum absolute atomic E-state index is 4.24. The molecule has 0 unspecified atom stereocenters. The average Bonchev–Trinajstić information content (AvgIpc) is 2.72. The fourth-order valence-electron chi connectivity index (χ4n) is 1.58. The summed E-state index contributed by atoms with van der Waals surface area (Å²) in [4.78, 5) is 4.19. The fourth-order valence-corrected chi connectivity index (χ4v) is 1.58. The first kappa shape index (κ1) is 14.5. The molecule has 0 spiro atoms. The molecule has 5 heteroatoms. The molecule has 1 heterocycles. The number of guanidine groups is 1. The second kappa shape index (κ2) is 7.74. The minimum atomic E-state index is 0.711. The van der Waals surface area contributed by atoms with Gasteiger partial charge in [0.15, 0.2) is 5.96 Å². The maximum Gasteiger partial charge on any atom is 0.191 e. The molecule has 0 fully saturated rings. The van der Waals surface area contributed by atoms with E-state index in [9.17, 15) is 0 Å². The molecule has 1 aromatic heterocycles. The highest BCUT2D eigenvalue weighted by molar-refractivity contribution is 5.79. The molecular formula is C13H25N5. The molecule has 0 atom stereocenters. The quantitative estimate of drug-likeness (QED) is 0.593. The van der Waals surface area contributed by atoms with Gasteiger partial charge in [-0.05, 0) is 24.8 Å². The number of aryl methyl sites for hydroxylation is 1. The van der Waals surface area contributed by atoms with Crippen molar-refractivity contribution >= 4 is 5.96 Å². The van der Waals surface area contributed by atoms with Crippen LogP contribution in [-0.2, 0) is 6.54 Å². The third-order valence-corrected chi connectivity index (χ3v) is 2.63. The van der Waals surface area contributed by atoms with Crippen LogP contribution in [0.1, 0.15) is 25.8 Å². The van der Waals surface area contributed by atoms with Crippen LogP contribution in [0.4, 0.5) is 0 Å². The number of aromatic nitrogens is 2. The molecule has 0 aliphatic carbocycles. The molecule has 0 aromatic carbocycles. The van der Waals surface area contributed by atoms with Crippen LogP contribution in [0.25, 0.3) is 0 Å². The molecule has 1 aromatic rings. The average molecular weight is 251 g/mol. The standard InChI is InChI=1S/C13H25N5/c1-11(2)5-6-15-13(14-4)16-7-8-18-10-12(3)9-17-18/h9-11H,5-8H2,1-4H3,(H2,14,15,16). The van der Waals surface area contributed by atoms with Crippen molar-refractivity contribution in [1.82, 2.24) is 20.4 Å². The van der Waals surface area contributed by atoms with Gasteiger partial charge in [0.05, 0.1) is 12.7 Å². The SMILES string of the molecule is CN=C(NCCC(C)C)NCCn1cc(C)cn1. The summed E-state index contributed by atoms with van der Waals surface area (Å²) >= 11 is 0. The van der Waals surface area contributed by atoms with Crippen LogP contribution < -0.4 is 10.6 Å². The number of rotatable bonds is 6. The van der Waals surface area contributed by atoms with Crippen molar-refractivity contribution in [3.05, 3.63) is 18.0 Å². The van der Waals surface area contributed by atoms with Crippen LogP contribution in [0, 0.1) is 12.8 Å². The Morgan fingerprint density at radius 3 is 2.67 bits per heavy atom. The van der Waals surface area contributed by atoms with Gasteiger partial charge in [0.25, 0.3) is 0 Å². The van der Waals surface area contributed by atoms with Crippen molar-refractivity contribution in [2.45, 2.75) is 33.7 Å². The predicted octanol–water partition coefficient (Wildman–Crippen LogP) is 1.40. The zero-order valence-electron chi connectivity index (χ0n) is 11.9. The summed E-state index contributed by atoms with van der Waals surface area (Å²) in [5.74, 6) is 1.57. The Morgan fingerprint density at radius 2 is 2.11 bits per heavy atom. The van der Waals surface area contributed by atoms with Gasteiger partial charge in [0.1, 0.15) is 0 Å². The maximum atomic E-state index is 4.24. The molecule has 0 bridgehead atoms. The van der Waals surface area contributed by atoms with Gasteiger partial charge in [0.2, 0.25) is 0 Å². The minimum Gasteiger partial charge on any atom is -0.356 e. The lowest BCUT2D eigenvalue weighted by atomic mass is 10.1. The molecular weight excluding hydrogens is 226 g/mol. The van der Waals surface area contributed by atoms with Crippen LogP contribution in [0.15, 0.2) is 17.4 Å². The molecule has 18 heavy (non-hydrogen) atoms. The molecule has 0 amide bonds. The minimum absolute atomic E-state index is 0.711. The van der Waals surface area contributed by atoms with E-state index in [-0.39, 0.29) is 0 Å². The van der Waals surface area contributed by atoms with E-state index in [1.54, 1.807) is 7.05 Å². The van der Waals surface area contributed by atoms with E-state index in [0.717, 1.165) is 32.0 Å². The Labute approximate surface area is 110 Å². The smallest absolute Gasteiger partial charge is 0.191 e. The highest BCUT2D eigenvalue weighted by Crippen LogP contribution is 1.96. The third-order valence-electron chi connectivity index (χ3n) is 2.63. The van der Waals surface area contributed by atoms with E-state index < -0.39 is 0 Å². The van der Waals surface area contributed by atoms with Crippen LogP contribution in [0.2, 0.25) is 0 Å². The molecule has 1 rings (SSSR count).